The van der Waals surface area contributed by atoms with E-state index >= 15 is 28.8 Å². The number of carboxylic acid groups (broad SMARTS) is 2. The number of carboxylic acids is 2. The molecule has 0 bridgehead atoms. The molecule has 0 aliphatic rings. The monoisotopic (exact) mass is 1720 g/mol. The molecule has 8 N–H and O–H groups in total. The SMILES string of the molecule is CC(C)C[C@@H](C(=O)N(C)[C@H](C(=O)N[C@@H](Cc1ccccc1)C(=O)N[C@@H](CC(=O)O)C(=O)N(C)[C@@H](Cc1ccccc1)C(=O)N[C@@H](C)C(=O)O)C(C)C)N(C)C(=O)CNC(=O)[C@H](Cc1ccccc1)N(C)C(=O)[C@@H](NC(=O)[C@H](CC(C)C)N(C)C(=O)[C@@H](NC(=O)[C@H](C)N(C)C(=O)OC(C)(C)C)C(C)C)[C@@H](C)OC(c1ccccc1)(c1ccccc1)c1ccccc1. The van der Waals surface area contributed by atoms with Gasteiger partial charge in [-0.3, -0.25) is 67.2 Å². The third kappa shape index (κ3) is 28.6. The maximum atomic E-state index is 16.4. The van der Waals surface area contributed by atoms with E-state index < -0.39 is 192 Å². The summed E-state index contributed by atoms with van der Waals surface area (Å²) in [6.07, 6.45) is -3.56. The molecule has 6 rings (SSSR count). The van der Waals surface area contributed by atoms with Crippen molar-refractivity contribution in [2.45, 2.75) is 219 Å². The second kappa shape index (κ2) is 46.9. The number of rotatable bonds is 44. The van der Waals surface area contributed by atoms with Crippen molar-refractivity contribution in [2.75, 3.05) is 48.8 Å². The summed E-state index contributed by atoms with van der Waals surface area (Å²) in [6, 6.07) is 37.8. The van der Waals surface area contributed by atoms with E-state index in [-0.39, 0.29) is 43.9 Å². The number of likely N-dealkylation sites (N-methyl/N-ethyl adjacent to an activating group) is 6. The van der Waals surface area contributed by atoms with Gasteiger partial charge in [0.15, 0.2) is 0 Å². The largest absolute Gasteiger partial charge is 0.481 e. The number of carbonyl (C=O) groups is 14. The zero-order chi connectivity index (χ0) is 93.1. The molecule has 0 aromatic heterocycles. The van der Waals surface area contributed by atoms with Crippen LogP contribution in [0, 0.1) is 23.7 Å². The maximum Gasteiger partial charge on any atom is 0.410 e. The molecule has 6 aromatic rings. The third-order valence-corrected chi connectivity index (χ3v) is 22.0. The number of hydrogen-bond acceptors (Lipinski definition) is 16. The fourth-order valence-corrected chi connectivity index (χ4v) is 14.8. The van der Waals surface area contributed by atoms with Crippen molar-refractivity contribution in [2.24, 2.45) is 23.7 Å². The zero-order valence-corrected chi connectivity index (χ0v) is 75.6. The Morgan fingerprint density at radius 1 is 0.376 bits per heavy atom. The lowest BCUT2D eigenvalue weighted by Gasteiger charge is -2.41. The van der Waals surface area contributed by atoms with Crippen molar-refractivity contribution in [3.8, 4) is 0 Å². The lowest BCUT2D eigenvalue weighted by atomic mass is 9.79. The first-order chi connectivity index (χ1) is 58.8. The topological polar surface area (TPSA) is 390 Å². The maximum absolute atomic E-state index is 16.4. The molecule has 6 aromatic carbocycles. The van der Waals surface area contributed by atoms with Crippen LogP contribution in [0.15, 0.2) is 182 Å². The Labute approximate surface area is 734 Å². The fraction of sp³-hybridized carbons (Fsp3) is 0.474. The van der Waals surface area contributed by atoms with Crippen LogP contribution in [0.25, 0.3) is 0 Å². The number of carbonyl (C=O) groups excluding carboxylic acids is 12. The molecular formula is C95H128N12O18. The molecule has 0 heterocycles. The molecule has 0 unspecified atom stereocenters. The molecule has 0 radical (unpaired) electrons. The molecule has 12 amide bonds. The van der Waals surface area contributed by atoms with Gasteiger partial charge in [-0.05, 0) is 111 Å². The summed E-state index contributed by atoms with van der Waals surface area (Å²) >= 11 is 0. The van der Waals surface area contributed by atoms with Gasteiger partial charge in [-0.2, -0.15) is 0 Å². The smallest absolute Gasteiger partial charge is 0.410 e. The van der Waals surface area contributed by atoms with Crippen LogP contribution in [0.5, 0.6) is 0 Å². The highest BCUT2D eigenvalue weighted by atomic mass is 16.6. The van der Waals surface area contributed by atoms with Crippen LogP contribution in [-0.2, 0) is 96.7 Å². The Bertz CT molecular complexity index is 4520. The summed E-state index contributed by atoms with van der Waals surface area (Å²) in [5.74, 6) is -13.8. The van der Waals surface area contributed by atoms with Crippen molar-refractivity contribution in [1.82, 2.24) is 61.3 Å². The average Bonchev–Trinajstić information content (AvgIpc) is 0.747. The minimum absolute atomic E-state index is 0.0252. The van der Waals surface area contributed by atoms with Crippen LogP contribution in [0.4, 0.5) is 4.79 Å². The first kappa shape index (κ1) is 101. The predicted molar refractivity (Wildman–Crippen MR) is 473 cm³/mol. The summed E-state index contributed by atoms with van der Waals surface area (Å²) in [4.78, 5) is 210. The van der Waals surface area contributed by atoms with Crippen molar-refractivity contribution in [3.63, 3.8) is 0 Å². The van der Waals surface area contributed by atoms with E-state index in [4.69, 9.17) is 9.47 Å². The molecule has 676 valence electrons. The van der Waals surface area contributed by atoms with Gasteiger partial charge in [0.25, 0.3) is 0 Å². The van der Waals surface area contributed by atoms with E-state index in [1.165, 1.54) is 65.9 Å². The van der Waals surface area contributed by atoms with E-state index in [2.05, 4.69) is 31.9 Å². The van der Waals surface area contributed by atoms with Crippen molar-refractivity contribution < 1.29 is 86.8 Å². The Morgan fingerprint density at radius 3 is 1.19 bits per heavy atom. The van der Waals surface area contributed by atoms with Crippen LogP contribution < -0.4 is 31.9 Å². The van der Waals surface area contributed by atoms with Crippen LogP contribution in [0.3, 0.4) is 0 Å². The van der Waals surface area contributed by atoms with Gasteiger partial charge in [0, 0.05) is 61.5 Å². The molecule has 0 fully saturated rings. The highest BCUT2D eigenvalue weighted by Crippen LogP contribution is 2.42. The van der Waals surface area contributed by atoms with E-state index in [9.17, 15) is 48.6 Å². The Morgan fingerprint density at radius 2 is 0.768 bits per heavy atom. The quantitative estimate of drug-likeness (QED) is 0.0168. The second-order valence-corrected chi connectivity index (χ2v) is 34.5. The first-order valence-corrected chi connectivity index (χ1v) is 42.3. The van der Waals surface area contributed by atoms with Gasteiger partial charge in [-0.1, -0.05) is 237 Å². The van der Waals surface area contributed by atoms with Gasteiger partial charge < -0.3 is 76.1 Å². The highest BCUT2D eigenvalue weighted by Gasteiger charge is 2.47. The zero-order valence-electron chi connectivity index (χ0n) is 75.6. The molecule has 0 saturated heterocycles. The summed E-state index contributed by atoms with van der Waals surface area (Å²) < 4.78 is 13.0. The molecule has 30 heteroatoms. The number of amides is 12. The fourth-order valence-electron chi connectivity index (χ4n) is 14.8. The number of nitrogens with zero attached hydrogens (tertiary/aromatic N) is 6. The lowest BCUT2D eigenvalue weighted by molar-refractivity contribution is -0.151. The summed E-state index contributed by atoms with van der Waals surface area (Å²) in [7, 11) is 8.16. The Kier molecular flexibility index (Phi) is 38.1. The van der Waals surface area contributed by atoms with Crippen LogP contribution >= 0.6 is 0 Å². The molecule has 30 nitrogen and oxygen atoms in total. The minimum atomic E-state index is -1.86. The van der Waals surface area contributed by atoms with Crippen molar-refractivity contribution in [1.29, 1.82) is 0 Å². The molecule has 12 atom stereocenters. The van der Waals surface area contributed by atoms with Crippen LogP contribution in [0.1, 0.15) is 150 Å². The standard InChI is InChI=1S/C95H128N12O18/c1-58(2)51-73(105(18)90(119)79(60(5)6)100-82(111)63(10)102(15)93(123)125-94(12,13)14)86(115)101-80(64(11)124-95(68-45-33-24-34-46-68,69-47-35-25-36-48-69)70-49-37-26-38-50-70)91(120)106(19)74(54-66-41-29-22-30-42-66)84(113)96-57-77(108)103(16)76(52-59(3)4)89(118)107(20)81(61(7)8)87(116)98-71(53-65-39-27-21-28-40-65)83(112)99-72(56-78(109)110)88(117)104(17)75(55-67-43-31-23-32-44-67)85(114)97-62(9)92(121)122/h21-50,58-64,71-76,79-81H,51-57H2,1-20H3,(H,96,113)(H,97,114)(H,98,116)(H,99,112)(H,100,111)(H,101,115)(H,109,110)(H,121,122)/t62-,63-,64+,71-,72-,73-,74-,75-,76-,79-,80-,81-/m0/s1. The van der Waals surface area contributed by atoms with Gasteiger partial charge in [0.2, 0.25) is 65.0 Å². The van der Waals surface area contributed by atoms with Gasteiger partial charge in [-0.25, -0.2) is 4.79 Å². The van der Waals surface area contributed by atoms with Crippen molar-refractivity contribution >= 4 is 83.0 Å². The van der Waals surface area contributed by atoms with E-state index in [0.29, 0.717) is 33.4 Å². The van der Waals surface area contributed by atoms with E-state index in [0.717, 1.165) is 19.6 Å². The number of nitrogens with one attached hydrogen (secondary N) is 6. The molecule has 0 saturated carbocycles. The molecule has 125 heavy (non-hydrogen) atoms. The Balaban J connectivity index is 1.35. The van der Waals surface area contributed by atoms with Crippen molar-refractivity contribution in [3.05, 3.63) is 215 Å². The molecule has 0 spiro atoms. The van der Waals surface area contributed by atoms with Gasteiger partial charge >= 0.3 is 18.0 Å². The second-order valence-electron chi connectivity index (χ2n) is 34.5. The Hall–Kier alpha value is -12.3. The summed E-state index contributed by atoms with van der Waals surface area (Å²) in [6.45, 7) is 22.7. The highest BCUT2D eigenvalue weighted by molar-refractivity contribution is 6.00. The summed E-state index contributed by atoms with van der Waals surface area (Å²) in [5.41, 5.74) is 1.19. The first-order valence-electron chi connectivity index (χ1n) is 42.3. The van der Waals surface area contributed by atoms with E-state index in [1.807, 2.05) is 119 Å². The third-order valence-electron chi connectivity index (χ3n) is 22.0. The average molecular weight is 1730 g/mol. The van der Waals surface area contributed by atoms with Gasteiger partial charge in [0.1, 0.15) is 77.7 Å². The molecule has 0 aliphatic carbocycles. The number of ether oxygens (including phenoxy) is 2. The van der Waals surface area contributed by atoms with Crippen LogP contribution in [-0.4, -0.2) is 250 Å². The minimum Gasteiger partial charge on any atom is -0.481 e. The number of benzene rings is 6. The molecule has 0 aliphatic heterocycles. The van der Waals surface area contributed by atoms with Crippen LogP contribution in [0.2, 0.25) is 0 Å². The molecular weight excluding hydrogens is 1600 g/mol. The number of aliphatic carboxylic acids is 2. The normalized spacial score (nSPS) is 14.4. The van der Waals surface area contributed by atoms with Gasteiger partial charge in [0.05, 0.1) is 19.1 Å². The lowest BCUT2D eigenvalue weighted by Crippen LogP contribution is -2.63. The predicted octanol–water partition coefficient (Wildman–Crippen LogP) is 8.03. The number of hydrogen-bond donors (Lipinski definition) is 8. The van der Waals surface area contributed by atoms with Gasteiger partial charge in [-0.15, -0.1) is 0 Å². The van der Waals surface area contributed by atoms with E-state index in [1.54, 1.807) is 146 Å². The summed E-state index contributed by atoms with van der Waals surface area (Å²) in [5, 5.41) is 36.1.